The maximum atomic E-state index is 13.0. The van der Waals surface area contributed by atoms with Gasteiger partial charge in [0.05, 0.1) is 32.8 Å². The zero-order valence-electron chi connectivity index (χ0n) is 14.2. The minimum atomic E-state index is -4.58. The summed E-state index contributed by atoms with van der Waals surface area (Å²) in [6.45, 7) is 0. The zero-order chi connectivity index (χ0) is 20.6. The van der Waals surface area contributed by atoms with Gasteiger partial charge >= 0.3 is 6.18 Å². The van der Waals surface area contributed by atoms with Gasteiger partial charge in [-0.15, -0.1) is 11.8 Å². The molecule has 1 heterocycles. The molecule has 0 radical (unpaired) electrons. The van der Waals surface area contributed by atoms with E-state index in [9.17, 15) is 13.2 Å². The number of anilines is 1. The molecule has 28 heavy (non-hydrogen) atoms. The van der Waals surface area contributed by atoms with Crippen LogP contribution in [0.1, 0.15) is 11.1 Å². The highest BCUT2D eigenvalue weighted by Gasteiger charge is 2.33. The average molecular weight is 443 g/mol. The Bertz CT molecular complexity index is 1060. The van der Waals surface area contributed by atoms with Crippen molar-refractivity contribution in [2.24, 2.45) is 0 Å². The smallest absolute Gasteiger partial charge is 0.383 e. The molecule has 0 bridgehead atoms. The number of hydrogen-bond acceptors (Lipinski definition) is 4. The molecule has 0 atom stereocenters. The molecule has 4 nitrogen and oxygen atoms in total. The molecule has 0 unspecified atom stereocenters. The summed E-state index contributed by atoms with van der Waals surface area (Å²) < 4.78 is 40.2. The fourth-order valence-electron chi connectivity index (χ4n) is 2.64. The van der Waals surface area contributed by atoms with Crippen molar-refractivity contribution in [3.8, 4) is 22.9 Å². The Hall–Kier alpha value is -2.34. The lowest BCUT2D eigenvalue weighted by Crippen LogP contribution is -2.08. The third kappa shape index (κ3) is 3.65. The Morgan fingerprint density at radius 2 is 1.71 bits per heavy atom. The summed E-state index contributed by atoms with van der Waals surface area (Å²) in [5.74, 6) is 0.164. The van der Waals surface area contributed by atoms with Crippen molar-refractivity contribution in [2.75, 3.05) is 12.0 Å². The van der Waals surface area contributed by atoms with Gasteiger partial charge in [-0.25, -0.2) is 4.68 Å². The van der Waals surface area contributed by atoms with E-state index in [4.69, 9.17) is 34.2 Å². The summed E-state index contributed by atoms with van der Waals surface area (Å²) in [7, 11) is 0. The van der Waals surface area contributed by atoms with Gasteiger partial charge < -0.3 is 5.73 Å². The third-order valence-corrected chi connectivity index (χ3v) is 5.19. The number of nitrogen functional groups attached to an aromatic ring is 1. The number of aromatic nitrogens is 2. The van der Waals surface area contributed by atoms with Crippen LogP contribution in [0.3, 0.4) is 0 Å². The fourth-order valence-corrected chi connectivity index (χ4v) is 3.87. The number of nitriles is 1. The molecule has 3 aromatic rings. The molecular weight excluding hydrogens is 432 g/mol. The van der Waals surface area contributed by atoms with Gasteiger partial charge in [0.25, 0.3) is 0 Å². The molecule has 0 aliphatic rings. The van der Waals surface area contributed by atoms with Gasteiger partial charge in [0.2, 0.25) is 0 Å². The highest BCUT2D eigenvalue weighted by atomic mass is 35.5. The highest BCUT2D eigenvalue weighted by Crippen LogP contribution is 2.41. The van der Waals surface area contributed by atoms with Crippen LogP contribution in [0.2, 0.25) is 10.0 Å². The number of rotatable bonds is 3. The van der Waals surface area contributed by atoms with E-state index < -0.39 is 11.7 Å². The van der Waals surface area contributed by atoms with Gasteiger partial charge in [-0.2, -0.15) is 23.5 Å². The number of alkyl halides is 3. The molecule has 0 saturated heterocycles. The molecule has 0 amide bonds. The van der Waals surface area contributed by atoms with Crippen LogP contribution in [-0.4, -0.2) is 16.0 Å². The van der Waals surface area contributed by atoms with Crippen molar-refractivity contribution < 1.29 is 13.2 Å². The summed E-state index contributed by atoms with van der Waals surface area (Å²) in [5, 5.41) is 13.4. The van der Waals surface area contributed by atoms with Crippen LogP contribution in [0.25, 0.3) is 16.8 Å². The quantitative estimate of drug-likeness (QED) is 0.501. The number of hydrogen-bond donors (Lipinski definition) is 1. The lowest BCUT2D eigenvalue weighted by atomic mass is 10.1. The molecule has 144 valence electrons. The number of halogens is 5. The highest BCUT2D eigenvalue weighted by molar-refractivity contribution is 7.98. The second-order valence-corrected chi connectivity index (χ2v) is 7.27. The maximum absolute atomic E-state index is 13.0. The van der Waals surface area contributed by atoms with Crippen molar-refractivity contribution in [1.29, 1.82) is 5.26 Å². The Morgan fingerprint density at radius 1 is 1.14 bits per heavy atom. The van der Waals surface area contributed by atoms with Crippen LogP contribution in [0.15, 0.2) is 41.4 Å². The summed E-state index contributed by atoms with van der Waals surface area (Å²) in [5.41, 5.74) is 7.11. The lowest BCUT2D eigenvalue weighted by molar-refractivity contribution is -0.137. The van der Waals surface area contributed by atoms with Crippen LogP contribution in [0.4, 0.5) is 19.0 Å². The average Bonchev–Trinajstić information content (AvgIpc) is 2.97. The standard InChI is InChI=1S/C18H11Cl2F3N4S/c1-28-17-14(10-4-2-9(8-24)3-5-10)16(25)27(26-17)15-12(19)6-11(7-13(15)20)18(21,22)23/h2-7H,25H2,1H3. The summed E-state index contributed by atoms with van der Waals surface area (Å²) in [6.07, 6.45) is -2.80. The first-order valence-electron chi connectivity index (χ1n) is 7.67. The Labute approximate surface area is 172 Å². The molecule has 0 aliphatic heterocycles. The fraction of sp³-hybridized carbons (Fsp3) is 0.111. The third-order valence-electron chi connectivity index (χ3n) is 3.94. The second-order valence-electron chi connectivity index (χ2n) is 5.66. The van der Waals surface area contributed by atoms with Crippen LogP contribution in [-0.2, 0) is 6.18 Å². The molecule has 3 rings (SSSR count). The SMILES string of the molecule is CSc1nn(-c2c(Cl)cc(C(F)(F)F)cc2Cl)c(N)c1-c1ccc(C#N)cc1. The predicted octanol–water partition coefficient (Wildman–Crippen LogP) is 6.04. The minimum Gasteiger partial charge on any atom is -0.383 e. The normalized spacial score (nSPS) is 11.5. The van der Waals surface area contributed by atoms with Crippen LogP contribution >= 0.6 is 35.0 Å². The van der Waals surface area contributed by atoms with Gasteiger partial charge in [-0.3, -0.25) is 0 Å². The Balaban J connectivity index is 2.20. The number of thioether (sulfide) groups is 1. The Kier molecular flexibility index (Phi) is 5.53. The second kappa shape index (κ2) is 7.59. The summed E-state index contributed by atoms with van der Waals surface area (Å²) in [6, 6.07) is 10.3. The minimum absolute atomic E-state index is 0.0593. The monoisotopic (exact) mass is 442 g/mol. The first kappa shape index (κ1) is 20.4. The van der Waals surface area contributed by atoms with E-state index in [-0.39, 0.29) is 21.6 Å². The molecule has 10 heteroatoms. The van der Waals surface area contributed by atoms with E-state index in [2.05, 4.69) is 5.10 Å². The van der Waals surface area contributed by atoms with Crippen LogP contribution < -0.4 is 5.73 Å². The first-order chi connectivity index (χ1) is 13.2. The van der Waals surface area contributed by atoms with Gasteiger partial charge in [0.15, 0.2) is 0 Å². The van der Waals surface area contributed by atoms with Gasteiger partial charge in [0, 0.05) is 0 Å². The molecule has 0 fully saturated rings. The lowest BCUT2D eigenvalue weighted by Gasteiger charge is -2.13. The summed E-state index contributed by atoms with van der Waals surface area (Å²) >= 11 is 13.5. The molecule has 1 aromatic heterocycles. The number of nitrogens with two attached hydrogens (primary N) is 1. The van der Waals surface area contributed by atoms with E-state index in [0.29, 0.717) is 21.7 Å². The van der Waals surface area contributed by atoms with Crippen molar-refractivity contribution in [3.63, 3.8) is 0 Å². The van der Waals surface area contributed by atoms with Crippen molar-refractivity contribution in [1.82, 2.24) is 9.78 Å². The van der Waals surface area contributed by atoms with Gasteiger partial charge in [-0.05, 0) is 36.1 Å². The maximum Gasteiger partial charge on any atom is 0.416 e. The molecule has 2 N–H and O–H groups in total. The van der Waals surface area contributed by atoms with Crippen molar-refractivity contribution in [2.45, 2.75) is 11.2 Å². The summed E-state index contributed by atoms with van der Waals surface area (Å²) in [4.78, 5) is 0. The Morgan fingerprint density at radius 3 is 2.18 bits per heavy atom. The number of nitrogens with zero attached hydrogens (tertiary/aromatic N) is 3. The van der Waals surface area contributed by atoms with E-state index in [0.717, 1.165) is 12.1 Å². The van der Waals surface area contributed by atoms with Gasteiger partial charge in [-0.1, -0.05) is 35.3 Å². The topological polar surface area (TPSA) is 67.6 Å². The molecule has 2 aromatic carbocycles. The van der Waals surface area contributed by atoms with E-state index in [1.807, 2.05) is 6.07 Å². The first-order valence-corrected chi connectivity index (χ1v) is 9.65. The molecule has 0 saturated carbocycles. The van der Waals surface area contributed by atoms with E-state index >= 15 is 0 Å². The number of benzene rings is 2. The van der Waals surface area contributed by atoms with Crippen molar-refractivity contribution >= 4 is 40.8 Å². The largest absolute Gasteiger partial charge is 0.416 e. The molecular formula is C18H11Cl2F3N4S. The van der Waals surface area contributed by atoms with Gasteiger partial charge in [0.1, 0.15) is 16.5 Å². The predicted molar refractivity (Wildman–Crippen MR) is 105 cm³/mol. The van der Waals surface area contributed by atoms with E-state index in [1.165, 1.54) is 16.4 Å². The van der Waals surface area contributed by atoms with Crippen LogP contribution in [0, 0.1) is 11.3 Å². The molecule has 0 spiro atoms. The zero-order valence-corrected chi connectivity index (χ0v) is 16.5. The molecule has 0 aliphatic carbocycles. The van der Waals surface area contributed by atoms with Crippen molar-refractivity contribution in [3.05, 3.63) is 57.6 Å². The van der Waals surface area contributed by atoms with Crippen LogP contribution in [0.5, 0.6) is 0 Å². The van der Waals surface area contributed by atoms with E-state index in [1.54, 1.807) is 30.5 Å².